The smallest absolute Gasteiger partial charge is 0.225 e. The molecule has 4 rings (SSSR count). The van der Waals surface area contributed by atoms with Crippen LogP contribution in [0.15, 0.2) is 54.7 Å². The molecule has 1 aliphatic rings. The minimum Gasteiger partial charge on any atom is -0.361 e. The summed E-state index contributed by atoms with van der Waals surface area (Å²) >= 11 is 6.49. The summed E-state index contributed by atoms with van der Waals surface area (Å²) in [7, 11) is 1.73. The predicted octanol–water partition coefficient (Wildman–Crippen LogP) is 3.55. The van der Waals surface area contributed by atoms with Crippen LogP contribution in [0.2, 0.25) is 5.02 Å². The molecule has 2 atom stereocenters. The van der Waals surface area contributed by atoms with Crippen molar-refractivity contribution in [1.29, 1.82) is 0 Å². The molecule has 6 heteroatoms. The average Bonchev–Trinajstić information content (AvgIpc) is 3.27. The number of aromatic amines is 1. The van der Waals surface area contributed by atoms with Crippen LogP contribution in [-0.4, -0.2) is 41.8 Å². The second-order valence-corrected chi connectivity index (χ2v) is 7.69. The highest BCUT2D eigenvalue weighted by Gasteiger charge is 2.32. The van der Waals surface area contributed by atoms with Gasteiger partial charge in [0.1, 0.15) is 0 Å². The fourth-order valence-corrected chi connectivity index (χ4v) is 4.18. The molecule has 1 aromatic heterocycles. The van der Waals surface area contributed by atoms with Gasteiger partial charge in [-0.15, -0.1) is 0 Å². The normalized spacial score (nSPS) is 17.9. The monoisotopic (exact) mass is 395 g/mol. The lowest BCUT2D eigenvalue weighted by atomic mass is 9.90. The van der Waals surface area contributed by atoms with Crippen molar-refractivity contribution in [3.63, 3.8) is 0 Å². The van der Waals surface area contributed by atoms with Gasteiger partial charge in [-0.1, -0.05) is 48.0 Å². The first-order valence-electron chi connectivity index (χ1n) is 9.36. The van der Waals surface area contributed by atoms with Gasteiger partial charge in [0, 0.05) is 54.6 Å². The van der Waals surface area contributed by atoms with Gasteiger partial charge < -0.3 is 15.2 Å². The summed E-state index contributed by atoms with van der Waals surface area (Å²) in [6.07, 6.45) is 2.25. The van der Waals surface area contributed by atoms with Gasteiger partial charge in [0.2, 0.25) is 11.8 Å². The van der Waals surface area contributed by atoms with E-state index in [9.17, 15) is 9.59 Å². The minimum absolute atomic E-state index is 0.0134. The zero-order chi connectivity index (χ0) is 19.7. The van der Waals surface area contributed by atoms with Crippen LogP contribution in [0.5, 0.6) is 0 Å². The number of halogens is 1. The topological polar surface area (TPSA) is 65.2 Å². The maximum absolute atomic E-state index is 12.7. The summed E-state index contributed by atoms with van der Waals surface area (Å²) in [5, 5.41) is 4.83. The molecule has 1 fully saturated rings. The molecule has 1 aliphatic heterocycles. The lowest BCUT2D eigenvalue weighted by Crippen LogP contribution is -2.35. The van der Waals surface area contributed by atoms with E-state index in [0.29, 0.717) is 18.1 Å². The number of H-pyrrole nitrogens is 1. The molecule has 2 N–H and O–H groups in total. The van der Waals surface area contributed by atoms with E-state index in [0.717, 1.165) is 22.0 Å². The van der Waals surface area contributed by atoms with E-state index in [1.54, 1.807) is 11.9 Å². The molecule has 1 saturated heterocycles. The number of hydrogen-bond donors (Lipinski definition) is 2. The lowest BCUT2D eigenvalue weighted by molar-refractivity contribution is -0.128. The van der Waals surface area contributed by atoms with Crippen molar-refractivity contribution < 1.29 is 9.59 Å². The van der Waals surface area contributed by atoms with Crippen LogP contribution in [0, 0.1) is 5.92 Å². The van der Waals surface area contributed by atoms with E-state index in [2.05, 4.69) is 16.4 Å². The van der Waals surface area contributed by atoms with Crippen LogP contribution < -0.4 is 5.32 Å². The molecule has 0 radical (unpaired) electrons. The van der Waals surface area contributed by atoms with E-state index in [1.807, 2.05) is 48.7 Å². The zero-order valence-electron chi connectivity index (χ0n) is 15.6. The number of aromatic nitrogens is 1. The predicted molar refractivity (Wildman–Crippen MR) is 110 cm³/mol. The Morgan fingerprint density at radius 3 is 2.71 bits per heavy atom. The second-order valence-electron chi connectivity index (χ2n) is 7.28. The highest BCUT2D eigenvalue weighted by Crippen LogP contribution is 2.34. The van der Waals surface area contributed by atoms with Gasteiger partial charge in [0.15, 0.2) is 0 Å². The number of carbonyl (C=O) groups is 2. The molecule has 0 aliphatic carbocycles. The van der Waals surface area contributed by atoms with E-state index in [1.165, 1.54) is 0 Å². The van der Waals surface area contributed by atoms with Gasteiger partial charge in [-0.3, -0.25) is 9.59 Å². The van der Waals surface area contributed by atoms with Crippen molar-refractivity contribution in [2.75, 3.05) is 20.1 Å². The van der Waals surface area contributed by atoms with E-state index in [4.69, 9.17) is 11.6 Å². The number of amides is 2. The second kappa shape index (κ2) is 7.68. The van der Waals surface area contributed by atoms with Crippen LogP contribution in [0.3, 0.4) is 0 Å². The molecule has 3 aromatic rings. The number of nitrogens with one attached hydrogen (secondary N) is 2. The number of fused-ring (bicyclic) bond motifs is 1. The highest BCUT2D eigenvalue weighted by atomic mass is 35.5. The van der Waals surface area contributed by atoms with Crippen molar-refractivity contribution in [1.82, 2.24) is 15.2 Å². The van der Waals surface area contributed by atoms with E-state index in [-0.39, 0.29) is 30.1 Å². The summed E-state index contributed by atoms with van der Waals surface area (Å²) in [4.78, 5) is 29.3. The van der Waals surface area contributed by atoms with Gasteiger partial charge in [0.05, 0.1) is 5.92 Å². The molecule has 0 bridgehead atoms. The van der Waals surface area contributed by atoms with Crippen molar-refractivity contribution >= 4 is 34.3 Å². The first-order valence-corrected chi connectivity index (χ1v) is 9.74. The molecule has 2 heterocycles. The van der Waals surface area contributed by atoms with Gasteiger partial charge in [-0.05, 0) is 23.3 Å². The standard InChI is InChI=1S/C22H22ClN3O2/c1-26-13-14(10-21(26)27)22(28)25-12-17(15-6-2-4-8-19(15)23)18-11-24-20-9-5-3-7-16(18)20/h2-9,11,14,17,24H,10,12-13H2,1H3,(H,25,28)/t14-,17+/m0/s1. The third-order valence-electron chi connectivity index (χ3n) is 5.47. The Balaban J connectivity index is 1.62. The molecule has 28 heavy (non-hydrogen) atoms. The van der Waals surface area contributed by atoms with E-state index < -0.39 is 0 Å². The SMILES string of the molecule is CN1C[C@@H](C(=O)NC[C@H](c2ccccc2Cl)c2c[nH]c3ccccc23)CC1=O. The third-order valence-corrected chi connectivity index (χ3v) is 5.81. The van der Waals surface area contributed by atoms with Crippen LogP contribution in [0.25, 0.3) is 10.9 Å². The Morgan fingerprint density at radius 2 is 1.96 bits per heavy atom. The largest absolute Gasteiger partial charge is 0.361 e. The fraction of sp³-hybridized carbons (Fsp3) is 0.273. The summed E-state index contributed by atoms with van der Waals surface area (Å²) in [6.45, 7) is 0.882. The number of para-hydroxylation sites is 1. The van der Waals surface area contributed by atoms with Crippen LogP contribution in [0.4, 0.5) is 0 Å². The molecule has 5 nitrogen and oxygen atoms in total. The number of benzene rings is 2. The number of carbonyl (C=O) groups excluding carboxylic acids is 2. The summed E-state index contributed by atoms with van der Waals surface area (Å²) in [5.74, 6) is -0.468. The van der Waals surface area contributed by atoms with Crippen molar-refractivity contribution in [3.8, 4) is 0 Å². The van der Waals surface area contributed by atoms with Gasteiger partial charge in [-0.2, -0.15) is 0 Å². The molecule has 144 valence electrons. The molecule has 0 unspecified atom stereocenters. The first-order chi connectivity index (χ1) is 13.5. The molecule has 2 amide bonds. The molecule has 0 saturated carbocycles. The number of nitrogens with zero attached hydrogens (tertiary/aromatic N) is 1. The quantitative estimate of drug-likeness (QED) is 0.693. The maximum Gasteiger partial charge on any atom is 0.225 e. The minimum atomic E-state index is -0.299. The first kappa shape index (κ1) is 18.6. The van der Waals surface area contributed by atoms with E-state index >= 15 is 0 Å². The Bertz CT molecular complexity index is 1030. The fourth-order valence-electron chi connectivity index (χ4n) is 3.91. The Kier molecular flexibility index (Phi) is 5.09. The third kappa shape index (κ3) is 3.50. The van der Waals surface area contributed by atoms with Gasteiger partial charge in [-0.25, -0.2) is 0 Å². The van der Waals surface area contributed by atoms with Gasteiger partial charge in [0.25, 0.3) is 0 Å². The number of rotatable bonds is 5. The summed E-state index contributed by atoms with van der Waals surface area (Å²) in [6, 6.07) is 15.8. The Hall–Kier alpha value is -2.79. The number of hydrogen-bond acceptors (Lipinski definition) is 2. The maximum atomic E-state index is 12.7. The van der Waals surface area contributed by atoms with Crippen molar-refractivity contribution in [2.24, 2.45) is 5.92 Å². The lowest BCUT2D eigenvalue weighted by Gasteiger charge is -2.20. The molecule has 0 spiro atoms. The van der Waals surface area contributed by atoms with Crippen LogP contribution in [-0.2, 0) is 9.59 Å². The molecule has 2 aromatic carbocycles. The summed E-state index contributed by atoms with van der Waals surface area (Å²) < 4.78 is 0. The van der Waals surface area contributed by atoms with Crippen molar-refractivity contribution in [3.05, 3.63) is 70.9 Å². The van der Waals surface area contributed by atoms with Crippen LogP contribution >= 0.6 is 11.6 Å². The number of likely N-dealkylation sites (tertiary alicyclic amines) is 1. The van der Waals surface area contributed by atoms with Crippen molar-refractivity contribution in [2.45, 2.75) is 12.3 Å². The molecular formula is C22H22ClN3O2. The Labute approximate surface area is 168 Å². The van der Waals surface area contributed by atoms with Crippen LogP contribution in [0.1, 0.15) is 23.5 Å². The Morgan fingerprint density at radius 1 is 1.21 bits per heavy atom. The van der Waals surface area contributed by atoms with Gasteiger partial charge >= 0.3 is 0 Å². The summed E-state index contributed by atoms with van der Waals surface area (Å²) in [5.41, 5.74) is 3.10. The zero-order valence-corrected chi connectivity index (χ0v) is 16.4. The highest BCUT2D eigenvalue weighted by molar-refractivity contribution is 6.31. The molecular weight excluding hydrogens is 374 g/mol. The average molecular weight is 396 g/mol.